The highest BCUT2D eigenvalue weighted by Crippen LogP contribution is 2.07. The van der Waals surface area contributed by atoms with E-state index in [2.05, 4.69) is 0 Å². The Balaban J connectivity index is 0.000000165. The fourth-order valence-corrected chi connectivity index (χ4v) is 1.50. The Kier molecular flexibility index (Phi) is 5.32. The predicted molar refractivity (Wildman–Crippen MR) is 59.8 cm³/mol. The molecule has 1 aliphatic heterocycles. The summed E-state index contributed by atoms with van der Waals surface area (Å²) in [6.45, 7) is 1.46. The van der Waals surface area contributed by atoms with Crippen LogP contribution in [-0.2, 0) is 0 Å². The van der Waals surface area contributed by atoms with Crippen molar-refractivity contribution >= 4 is 6.09 Å². The van der Waals surface area contributed by atoms with E-state index in [1.165, 1.54) is 23.5 Å². The third-order valence-corrected chi connectivity index (χ3v) is 2.36. The van der Waals surface area contributed by atoms with Crippen LogP contribution in [0.2, 0.25) is 0 Å². The number of nitrogens with zero attached hydrogens (tertiary/aromatic N) is 1. The summed E-state index contributed by atoms with van der Waals surface area (Å²) in [5, 5.41) is 8.46. The molecular weight excluding hydrogens is 209 g/mol. The summed E-state index contributed by atoms with van der Waals surface area (Å²) < 4.78 is 11.9. The van der Waals surface area contributed by atoms with Gasteiger partial charge in [-0.25, -0.2) is 9.18 Å². The second-order valence-electron chi connectivity index (χ2n) is 3.63. The van der Waals surface area contributed by atoms with Gasteiger partial charge in [-0.1, -0.05) is 18.2 Å². The van der Waals surface area contributed by atoms with Gasteiger partial charge in [-0.3, -0.25) is 0 Å². The van der Waals surface area contributed by atoms with E-state index in [4.69, 9.17) is 5.11 Å². The molecule has 1 aromatic carbocycles. The van der Waals surface area contributed by atoms with Crippen molar-refractivity contribution in [2.75, 3.05) is 13.1 Å². The molecule has 1 aromatic rings. The molecule has 0 atom stereocenters. The van der Waals surface area contributed by atoms with Crippen molar-refractivity contribution in [1.29, 1.82) is 0 Å². The van der Waals surface area contributed by atoms with Crippen LogP contribution in [0.5, 0.6) is 0 Å². The Labute approximate surface area is 94.5 Å². The second kappa shape index (κ2) is 6.82. The number of halogens is 1. The molecule has 1 saturated heterocycles. The fourth-order valence-electron chi connectivity index (χ4n) is 1.50. The van der Waals surface area contributed by atoms with E-state index in [0.29, 0.717) is 0 Å². The van der Waals surface area contributed by atoms with Crippen LogP contribution in [0, 0.1) is 5.82 Å². The van der Waals surface area contributed by atoms with Gasteiger partial charge in [0, 0.05) is 13.1 Å². The summed E-state index contributed by atoms with van der Waals surface area (Å²) in [6.07, 6.45) is 2.48. The van der Waals surface area contributed by atoms with Crippen molar-refractivity contribution < 1.29 is 14.3 Å². The molecule has 0 spiro atoms. The predicted octanol–water partition coefficient (Wildman–Crippen LogP) is 2.98. The summed E-state index contributed by atoms with van der Waals surface area (Å²) in [7, 11) is 0. The Morgan fingerprint density at radius 1 is 1.12 bits per heavy atom. The van der Waals surface area contributed by atoms with E-state index in [-0.39, 0.29) is 5.82 Å². The first-order chi connectivity index (χ1) is 7.70. The number of benzene rings is 1. The number of amides is 1. The molecule has 1 aliphatic rings. The number of carbonyl (C=O) groups is 1. The van der Waals surface area contributed by atoms with Gasteiger partial charge in [0.05, 0.1) is 0 Å². The van der Waals surface area contributed by atoms with E-state index < -0.39 is 6.09 Å². The molecule has 1 fully saturated rings. The topological polar surface area (TPSA) is 40.5 Å². The van der Waals surface area contributed by atoms with Crippen LogP contribution in [-0.4, -0.2) is 29.2 Å². The highest BCUT2D eigenvalue weighted by Gasteiger charge is 2.13. The van der Waals surface area contributed by atoms with Crippen LogP contribution in [0.25, 0.3) is 0 Å². The molecule has 0 unspecified atom stereocenters. The zero-order valence-electron chi connectivity index (χ0n) is 9.10. The summed E-state index contributed by atoms with van der Waals surface area (Å²) in [5.74, 6) is -0.178. The van der Waals surface area contributed by atoms with E-state index in [9.17, 15) is 9.18 Å². The van der Waals surface area contributed by atoms with Gasteiger partial charge in [-0.15, -0.1) is 0 Å². The molecule has 0 bridgehead atoms. The fraction of sp³-hybridized carbons (Fsp3) is 0.417. The maximum atomic E-state index is 11.9. The molecule has 16 heavy (non-hydrogen) atoms. The first-order valence-corrected chi connectivity index (χ1v) is 5.38. The number of piperidine rings is 1. The zero-order chi connectivity index (χ0) is 11.8. The maximum Gasteiger partial charge on any atom is 0.407 e. The molecule has 1 amide bonds. The van der Waals surface area contributed by atoms with Crippen molar-refractivity contribution in [3.05, 3.63) is 36.1 Å². The van der Waals surface area contributed by atoms with Crippen molar-refractivity contribution in [1.82, 2.24) is 4.90 Å². The molecule has 88 valence electrons. The lowest BCUT2D eigenvalue weighted by Gasteiger charge is -2.22. The number of hydrogen-bond acceptors (Lipinski definition) is 1. The molecule has 0 radical (unpaired) electrons. The summed E-state index contributed by atoms with van der Waals surface area (Å²) in [6, 6.07) is 7.94. The van der Waals surface area contributed by atoms with Gasteiger partial charge >= 0.3 is 6.09 Å². The van der Waals surface area contributed by atoms with E-state index in [1.807, 2.05) is 0 Å². The molecule has 0 saturated carbocycles. The van der Waals surface area contributed by atoms with Gasteiger partial charge in [0.15, 0.2) is 0 Å². The highest BCUT2D eigenvalue weighted by molar-refractivity contribution is 5.64. The lowest BCUT2D eigenvalue weighted by molar-refractivity contribution is 0.136. The zero-order valence-corrected chi connectivity index (χ0v) is 9.10. The van der Waals surface area contributed by atoms with Crippen LogP contribution in [0.3, 0.4) is 0 Å². The summed E-state index contributed by atoms with van der Waals surface area (Å²) in [4.78, 5) is 11.8. The molecule has 2 rings (SSSR count). The van der Waals surface area contributed by atoms with Gasteiger partial charge in [-0.05, 0) is 31.4 Å². The van der Waals surface area contributed by atoms with Gasteiger partial charge in [0.25, 0.3) is 0 Å². The average molecular weight is 225 g/mol. The monoisotopic (exact) mass is 225 g/mol. The number of carboxylic acid groups (broad SMARTS) is 1. The molecule has 1 heterocycles. The Hall–Kier alpha value is -1.58. The normalized spacial score (nSPS) is 14.9. The standard InChI is InChI=1S/C6H5F.C6H11NO2/c7-6-4-2-1-3-5-6;8-6(9)7-4-2-1-3-5-7/h1-5H;1-5H2,(H,8,9). The Morgan fingerprint density at radius 3 is 2.00 bits per heavy atom. The van der Waals surface area contributed by atoms with Crippen LogP contribution in [0.1, 0.15) is 19.3 Å². The first kappa shape index (κ1) is 12.5. The quantitative estimate of drug-likeness (QED) is 0.737. The minimum absolute atomic E-state index is 0.178. The Bertz CT molecular complexity index is 310. The summed E-state index contributed by atoms with van der Waals surface area (Å²) in [5.41, 5.74) is 0. The number of rotatable bonds is 0. The van der Waals surface area contributed by atoms with E-state index >= 15 is 0 Å². The lowest BCUT2D eigenvalue weighted by Crippen LogP contribution is -2.34. The second-order valence-corrected chi connectivity index (χ2v) is 3.63. The molecular formula is C12H16FNO2. The maximum absolute atomic E-state index is 11.9. The molecule has 4 heteroatoms. The van der Waals surface area contributed by atoms with Crippen molar-refractivity contribution in [3.63, 3.8) is 0 Å². The minimum Gasteiger partial charge on any atom is -0.465 e. The highest BCUT2D eigenvalue weighted by atomic mass is 19.1. The molecule has 1 N–H and O–H groups in total. The van der Waals surface area contributed by atoms with E-state index in [0.717, 1.165) is 25.9 Å². The van der Waals surface area contributed by atoms with Gasteiger partial charge < -0.3 is 10.0 Å². The SMILES string of the molecule is Fc1ccccc1.O=C(O)N1CCCCC1. The smallest absolute Gasteiger partial charge is 0.407 e. The van der Waals surface area contributed by atoms with Gasteiger partial charge in [0.1, 0.15) is 5.82 Å². The van der Waals surface area contributed by atoms with Crippen molar-refractivity contribution in [2.24, 2.45) is 0 Å². The van der Waals surface area contributed by atoms with Crippen LogP contribution in [0.4, 0.5) is 9.18 Å². The number of hydrogen-bond donors (Lipinski definition) is 1. The summed E-state index contributed by atoms with van der Waals surface area (Å²) >= 11 is 0. The largest absolute Gasteiger partial charge is 0.465 e. The van der Waals surface area contributed by atoms with Crippen molar-refractivity contribution in [3.8, 4) is 0 Å². The van der Waals surface area contributed by atoms with Gasteiger partial charge in [-0.2, -0.15) is 0 Å². The van der Waals surface area contributed by atoms with Crippen LogP contribution >= 0.6 is 0 Å². The number of likely N-dealkylation sites (tertiary alicyclic amines) is 1. The minimum atomic E-state index is -0.769. The lowest BCUT2D eigenvalue weighted by atomic mass is 10.1. The molecule has 0 aromatic heterocycles. The molecule has 0 aliphatic carbocycles. The third kappa shape index (κ3) is 4.77. The first-order valence-electron chi connectivity index (χ1n) is 5.38. The molecule has 3 nitrogen and oxygen atoms in total. The van der Waals surface area contributed by atoms with Crippen LogP contribution in [0.15, 0.2) is 30.3 Å². The van der Waals surface area contributed by atoms with Gasteiger partial charge in [0.2, 0.25) is 0 Å². The van der Waals surface area contributed by atoms with Crippen molar-refractivity contribution in [2.45, 2.75) is 19.3 Å². The van der Waals surface area contributed by atoms with E-state index in [1.54, 1.807) is 18.2 Å². The Morgan fingerprint density at radius 2 is 1.69 bits per heavy atom. The average Bonchev–Trinajstić information content (AvgIpc) is 2.32. The third-order valence-electron chi connectivity index (χ3n) is 2.36. The van der Waals surface area contributed by atoms with Crippen LogP contribution < -0.4 is 0 Å².